The zero-order valence-corrected chi connectivity index (χ0v) is 13.0. The van der Waals surface area contributed by atoms with Crippen molar-refractivity contribution >= 4 is 11.3 Å². The van der Waals surface area contributed by atoms with Crippen molar-refractivity contribution in [1.82, 2.24) is 4.98 Å². The second kappa shape index (κ2) is 7.41. The monoisotopic (exact) mass is 290 g/mol. The summed E-state index contributed by atoms with van der Waals surface area (Å²) in [7, 11) is 0. The number of nitrogens with zero attached hydrogens (tertiary/aromatic N) is 1. The molecule has 1 aromatic heterocycles. The van der Waals surface area contributed by atoms with Crippen molar-refractivity contribution in [3.05, 3.63) is 34.2 Å². The molecule has 1 heterocycles. The number of benzene rings is 1. The van der Waals surface area contributed by atoms with E-state index in [0.29, 0.717) is 13.2 Å². The van der Waals surface area contributed by atoms with Crippen LogP contribution < -0.4 is 10.5 Å². The first kappa shape index (κ1) is 15.0. The number of thiazole rings is 1. The molecule has 0 bridgehead atoms. The molecular weight excluding hydrogens is 268 g/mol. The van der Waals surface area contributed by atoms with Gasteiger partial charge in [-0.25, -0.2) is 4.98 Å². The van der Waals surface area contributed by atoms with Gasteiger partial charge in [0, 0.05) is 17.4 Å². The molecule has 0 amide bonds. The standard InChI is InChI=1S/C16H22N2OS/c1-3-5-12-6-7-15(19-4-2)13(10-12)14-11-20-16(18-14)8-9-17/h6-7,10-11H,3-5,8-9,17H2,1-2H3. The van der Waals surface area contributed by atoms with Gasteiger partial charge in [0.15, 0.2) is 0 Å². The summed E-state index contributed by atoms with van der Waals surface area (Å²) >= 11 is 1.67. The average Bonchev–Trinajstić information content (AvgIpc) is 2.90. The maximum atomic E-state index is 5.73. The van der Waals surface area contributed by atoms with Crippen LogP contribution in [0.3, 0.4) is 0 Å². The topological polar surface area (TPSA) is 48.1 Å². The number of aromatic nitrogens is 1. The number of ether oxygens (including phenoxy) is 1. The minimum Gasteiger partial charge on any atom is -0.493 e. The van der Waals surface area contributed by atoms with Crippen LogP contribution in [-0.2, 0) is 12.8 Å². The van der Waals surface area contributed by atoms with Crippen LogP contribution >= 0.6 is 11.3 Å². The molecule has 0 aliphatic heterocycles. The Balaban J connectivity index is 2.36. The van der Waals surface area contributed by atoms with E-state index in [1.165, 1.54) is 5.56 Å². The molecule has 2 aromatic rings. The molecule has 0 saturated heterocycles. The lowest BCUT2D eigenvalue weighted by atomic mass is 10.0. The summed E-state index contributed by atoms with van der Waals surface area (Å²) in [5, 5.41) is 3.18. The molecule has 0 fully saturated rings. The van der Waals surface area contributed by atoms with Gasteiger partial charge in [0.1, 0.15) is 5.75 Å². The second-order valence-electron chi connectivity index (χ2n) is 4.68. The van der Waals surface area contributed by atoms with E-state index in [-0.39, 0.29) is 0 Å². The molecule has 0 saturated carbocycles. The van der Waals surface area contributed by atoms with Crippen molar-refractivity contribution in [2.45, 2.75) is 33.1 Å². The average molecular weight is 290 g/mol. The van der Waals surface area contributed by atoms with Crippen LogP contribution in [0, 0.1) is 0 Å². The Morgan fingerprint density at radius 3 is 2.80 bits per heavy atom. The van der Waals surface area contributed by atoms with Gasteiger partial charge < -0.3 is 10.5 Å². The summed E-state index contributed by atoms with van der Waals surface area (Å²) in [6.45, 7) is 5.50. The van der Waals surface area contributed by atoms with Crippen molar-refractivity contribution in [3.63, 3.8) is 0 Å². The van der Waals surface area contributed by atoms with Crippen molar-refractivity contribution in [2.75, 3.05) is 13.2 Å². The zero-order chi connectivity index (χ0) is 14.4. The zero-order valence-electron chi connectivity index (χ0n) is 12.2. The molecule has 0 radical (unpaired) electrons. The van der Waals surface area contributed by atoms with Crippen LogP contribution in [0.4, 0.5) is 0 Å². The Hall–Kier alpha value is -1.39. The first-order valence-corrected chi connectivity index (χ1v) is 8.07. The third kappa shape index (κ3) is 3.58. The van der Waals surface area contributed by atoms with Crippen molar-refractivity contribution in [1.29, 1.82) is 0 Å². The normalized spacial score (nSPS) is 10.8. The molecule has 2 rings (SSSR count). The molecule has 108 valence electrons. The highest BCUT2D eigenvalue weighted by Gasteiger charge is 2.11. The summed E-state index contributed by atoms with van der Waals surface area (Å²) in [4.78, 5) is 4.67. The van der Waals surface area contributed by atoms with Crippen molar-refractivity contribution in [2.24, 2.45) is 5.73 Å². The van der Waals surface area contributed by atoms with Gasteiger partial charge in [-0.1, -0.05) is 19.4 Å². The summed E-state index contributed by atoms with van der Waals surface area (Å²) in [6, 6.07) is 6.41. The highest BCUT2D eigenvalue weighted by atomic mass is 32.1. The van der Waals surface area contributed by atoms with E-state index in [4.69, 9.17) is 10.5 Å². The number of aryl methyl sites for hydroxylation is 1. The fraction of sp³-hybridized carbons (Fsp3) is 0.438. The van der Waals surface area contributed by atoms with E-state index in [9.17, 15) is 0 Å². The highest BCUT2D eigenvalue weighted by Crippen LogP contribution is 2.32. The van der Waals surface area contributed by atoms with Gasteiger partial charge in [0.2, 0.25) is 0 Å². The van der Waals surface area contributed by atoms with E-state index in [0.717, 1.165) is 41.3 Å². The largest absolute Gasteiger partial charge is 0.493 e. The van der Waals surface area contributed by atoms with Crippen LogP contribution in [0.15, 0.2) is 23.6 Å². The summed E-state index contributed by atoms with van der Waals surface area (Å²) in [5.74, 6) is 0.914. The van der Waals surface area contributed by atoms with Crippen LogP contribution in [0.1, 0.15) is 30.8 Å². The van der Waals surface area contributed by atoms with E-state index in [1.54, 1.807) is 11.3 Å². The molecule has 20 heavy (non-hydrogen) atoms. The number of hydrogen-bond donors (Lipinski definition) is 1. The predicted octanol–water partition coefficient (Wildman–Crippen LogP) is 3.66. The van der Waals surface area contributed by atoms with Crippen molar-refractivity contribution in [3.8, 4) is 17.0 Å². The van der Waals surface area contributed by atoms with E-state index >= 15 is 0 Å². The molecule has 4 heteroatoms. The molecule has 0 atom stereocenters. The van der Waals surface area contributed by atoms with Gasteiger partial charge in [-0.05, 0) is 37.6 Å². The second-order valence-corrected chi connectivity index (χ2v) is 5.62. The molecule has 0 unspecified atom stereocenters. The van der Waals surface area contributed by atoms with E-state index in [2.05, 4.69) is 35.5 Å². The maximum Gasteiger partial charge on any atom is 0.128 e. The van der Waals surface area contributed by atoms with Crippen LogP contribution in [0.25, 0.3) is 11.3 Å². The third-order valence-electron chi connectivity index (χ3n) is 3.07. The predicted molar refractivity (Wildman–Crippen MR) is 85.5 cm³/mol. The Bertz CT molecular complexity index is 551. The van der Waals surface area contributed by atoms with Gasteiger partial charge in [-0.3, -0.25) is 0 Å². The molecule has 0 aliphatic rings. The van der Waals surface area contributed by atoms with Crippen molar-refractivity contribution < 1.29 is 4.74 Å². The SMILES string of the molecule is CCCc1ccc(OCC)c(-c2csc(CCN)n2)c1. The molecular formula is C16H22N2OS. The maximum absolute atomic E-state index is 5.73. The van der Waals surface area contributed by atoms with Crippen LogP contribution in [0.2, 0.25) is 0 Å². The summed E-state index contributed by atoms with van der Waals surface area (Å²) < 4.78 is 5.73. The number of nitrogens with two attached hydrogens (primary N) is 1. The third-order valence-corrected chi connectivity index (χ3v) is 3.98. The molecule has 2 N–H and O–H groups in total. The fourth-order valence-corrected chi connectivity index (χ4v) is 2.99. The fourth-order valence-electron chi connectivity index (χ4n) is 2.18. The van der Waals surface area contributed by atoms with Gasteiger partial charge in [0.05, 0.1) is 17.3 Å². The van der Waals surface area contributed by atoms with Gasteiger partial charge in [0.25, 0.3) is 0 Å². The van der Waals surface area contributed by atoms with Crippen LogP contribution in [0.5, 0.6) is 5.75 Å². The summed E-state index contributed by atoms with van der Waals surface area (Å²) in [6.07, 6.45) is 3.06. The Labute approximate surface area is 124 Å². The molecule has 1 aromatic carbocycles. The summed E-state index contributed by atoms with van der Waals surface area (Å²) in [5.41, 5.74) is 9.02. The first-order valence-electron chi connectivity index (χ1n) is 7.19. The van der Waals surface area contributed by atoms with Gasteiger partial charge in [-0.2, -0.15) is 0 Å². The Kier molecular flexibility index (Phi) is 5.56. The molecule has 0 aliphatic carbocycles. The van der Waals surface area contributed by atoms with Crippen LogP contribution in [-0.4, -0.2) is 18.1 Å². The quantitative estimate of drug-likeness (QED) is 0.846. The number of rotatable bonds is 7. The lowest BCUT2D eigenvalue weighted by Gasteiger charge is -2.10. The smallest absolute Gasteiger partial charge is 0.128 e. The lowest BCUT2D eigenvalue weighted by Crippen LogP contribution is -2.02. The van der Waals surface area contributed by atoms with E-state index in [1.807, 2.05) is 6.92 Å². The Morgan fingerprint density at radius 2 is 2.10 bits per heavy atom. The van der Waals surface area contributed by atoms with Gasteiger partial charge >= 0.3 is 0 Å². The Morgan fingerprint density at radius 1 is 1.25 bits per heavy atom. The minimum atomic E-state index is 0.640. The molecule has 3 nitrogen and oxygen atoms in total. The molecule has 0 spiro atoms. The lowest BCUT2D eigenvalue weighted by molar-refractivity contribution is 0.341. The first-order chi connectivity index (χ1) is 9.78. The highest BCUT2D eigenvalue weighted by molar-refractivity contribution is 7.09. The van der Waals surface area contributed by atoms with Gasteiger partial charge in [-0.15, -0.1) is 11.3 Å². The number of hydrogen-bond acceptors (Lipinski definition) is 4. The van der Waals surface area contributed by atoms with E-state index < -0.39 is 0 Å². The minimum absolute atomic E-state index is 0.640.